The number of aliphatic carboxylic acids is 1. The van der Waals surface area contributed by atoms with E-state index in [4.69, 9.17) is 14.6 Å². The predicted octanol–water partition coefficient (Wildman–Crippen LogP) is 1.05. The third-order valence-electron chi connectivity index (χ3n) is 2.78. The molecular formula is C9H16O4. The van der Waals surface area contributed by atoms with Crippen LogP contribution in [0.4, 0.5) is 0 Å². The second kappa shape index (κ2) is 4.07. The highest BCUT2D eigenvalue weighted by molar-refractivity contribution is 5.77. The summed E-state index contributed by atoms with van der Waals surface area (Å²) in [5.74, 6) is -0.878. The fourth-order valence-electron chi connectivity index (χ4n) is 1.86. The number of methoxy groups -OCH3 is 2. The summed E-state index contributed by atoms with van der Waals surface area (Å²) < 4.78 is 10.2. The van der Waals surface area contributed by atoms with Crippen LogP contribution in [0.25, 0.3) is 0 Å². The van der Waals surface area contributed by atoms with Gasteiger partial charge in [0.15, 0.2) is 5.60 Å². The Morgan fingerprint density at radius 2 is 2.23 bits per heavy atom. The van der Waals surface area contributed by atoms with Crippen LogP contribution in [0.2, 0.25) is 0 Å². The molecule has 0 spiro atoms. The molecule has 0 heterocycles. The van der Waals surface area contributed by atoms with Crippen molar-refractivity contribution in [2.75, 3.05) is 14.2 Å². The fraction of sp³-hybridized carbons (Fsp3) is 0.889. The minimum Gasteiger partial charge on any atom is -0.479 e. The van der Waals surface area contributed by atoms with E-state index in [1.807, 2.05) is 0 Å². The topological polar surface area (TPSA) is 55.8 Å². The van der Waals surface area contributed by atoms with Crippen molar-refractivity contribution in [1.82, 2.24) is 0 Å². The Bertz CT molecular complexity index is 192. The van der Waals surface area contributed by atoms with Crippen LogP contribution in [0.15, 0.2) is 0 Å². The Balaban J connectivity index is 2.69. The van der Waals surface area contributed by atoms with Gasteiger partial charge in [0, 0.05) is 20.6 Å². The van der Waals surface area contributed by atoms with Gasteiger partial charge in [0.25, 0.3) is 0 Å². The molecule has 0 aliphatic heterocycles. The lowest BCUT2D eigenvalue weighted by molar-refractivity contribution is -0.172. The molecule has 0 amide bonds. The SMILES string of the molecule is COC1CCCC(OC)(C(=O)O)C1. The van der Waals surface area contributed by atoms with Crippen molar-refractivity contribution in [1.29, 1.82) is 0 Å². The summed E-state index contributed by atoms with van der Waals surface area (Å²) in [7, 11) is 3.06. The van der Waals surface area contributed by atoms with Crippen LogP contribution >= 0.6 is 0 Å². The first-order valence-electron chi connectivity index (χ1n) is 4.46. The summed E-state index contributed by atoms with van der Waals surface area (Å²) in [4.78, 5) is 11.0. The van der Waals surface area contributed by atoms with Crippen molar-refractivity contribution in [2.45, 2.75) is 37.4 Å². The molecule has 2 atom stereocenters. The average molecular weight is 188 g/mol. The standard InChI is InChI=1S/C9H16O4/c1-12-7-4-3-5-9(6-7,13-2)8(10)11/h7H,3-6H2,1-2H3,(H,10,11). The average Bonchev–Trinajstić information content (AvgIpc) is 2.17. The van der Waals surface area contributed by atoms with Crippen molar-refractivity contribution in [3.63, 3.8) is 0 Å². The van der Waals surface area contributed by atoms with Gasteiger partial charge in [0.1, 0.15) is 0 Å². The number of ether oxygens (including phenoxy) is 2. The van der Waals surface area contributed by atoms with Gasteiger partial charge >= 0.3 is 5.97 Å². The zero-order chi connectivity index (χ0) is 9.90. The molecule has 0 aromatic heterocycles. The molecule has 1 aliphatic carbocycles. The van der Waals surface area contributed by atoms with Gasteiger partial charge in [-0.15, -0.1) is 0 Å². The molecule has 0 saturated heterocycles. The second-order valence-electron chi connectivity index (χ2n) is 3.46. The van der Waals surface area contributed by atoms with Crippen molar-refractivity contribution >= 4 is 5.97 Å². The van der Waals surface area contributed by atoms with Gasteiger partial charge in [-0.05, 0) is 19.3 Å². The number of rotatable bonds is 3. The first-order chi connectivity index (χ1) is 6.14. The molecule has 0 radical (unpaired) electrons. The highest BCUT2D eigenvalue weighted by Gasteiger charge is 2.43. The van der Waals surface area contributed by atoms with E-state index in [9.17, 15) is 4.79 Å². The minimum absolute atomic E-state index is 0.0183. The maximum atomic E-state index is 11.0. The summed E-state index contributed by atoms with van der Waals surface area (Å²) in [6.07, 6.45) is 2.83. The second-order valence-corrected chi connectivity index (χ2v) is 3.46. The van der Waals surface area contributed by atoms with Gasteiger partial charge in [0.05, 0.1) is 6.10 Å². The molecule has 1 rings (SSSR count). The molecular weight excluding hydrogens is 172 g/mol. The van der Waals surface area contributed by atoms with Crippen molar-refractivity contribution in [3.8, 4) is 0 Å². The van der Waals surface area contributed by atoms with Crippen LogP contribution in [0.1, 0.15) is 25.7 Å². The molecule has 13 heavy (non-hydrogen) atoms. The van der Waals surface area contributed by atoms with Crippen LogP contribution in [-0.4, -0.2) is 37.0 Å². The van der Waals surface area contributed by atoms with E-state index in [-0.39, 0.29) is 6.10 Å². The van der Waals surface area contributed by atoms with E-state index < -0.39 is 11.6 Å². The van der Waals surface area contributed by atoms with Crippen molar-refractivity contribution in [2.24, 2.45) is 0 Å². The number of carboxylic acids is 1. The minimum atomic E-state index is -1.01. The van der Waals surface area contributed by atoms with Crippen LogP contribution in [0, 0.1) is 0 Å². The van der Waals surface area contributed by atoms with Crippen LogP contribution in [-0.2, 0) is 14.3 Å². The summed E-state index contributed by atoms with van der Waals surface area (Å²) in [6, 6.07) is 0. The van der Waals surface area contributed by atoms with E-state index in [0.717, 1.165) is 12.8 Å². The number of hydrogen-bond acceptors (Lipinski definition) is 3. The Morgan fingerprint density at radius 3 is 2.69 bits per heavy atom. The van der Waals surface area contributed by atoms with Crippen LogP contribution in [0.5, 0.6) is 0 Å². The van der Waals surface area contributed by atoms with Crippen LogP contribution in [0.3, 0.4) is 0 Å². The van der Waals surface area contributed by atoms with E-state index in [2.05, 4.69) is 0 Å². The predicted molar refractivity (Wildman–Crippen MR) is 46.6 cm³/mol. The molecule has 4 heteroatoms. The van der Waals surface area contributed by atoms with E-state index in [1.165, 1.54) is 7.11 Å². The summed E-state index contributed by atoms with van der Waals surface area (Å²) in [5.41, 5.74) is -1.01. The van der Waals surface area contributed by atoms with Gasteiger partial charge in [-0.25, -0.2) is 4.79 Å². The molecule has 76 valence electrons. The summed E-state index contributed by atoms with van der Waals surface area (Å²) in [6.45, 7) is 0. The lowest BCUT2D eigenvalue weighted by atomic mass is 9.83. The molecule has 0 aromatic rings. The smallest absolute Gasteiger partial charge is 0.336 e. The Morgan fingerprint density at radius 1 is 1.54 bits per heavy atom. The fourth-order valence-corrected chi connectivity index (χ4v) is 1.86. The van der Waals surface area contributed by atoms with Gasteiger partial charge in [-0.3, -0.25) is 0 Å². The Labute approximate surface area is 77.8 Å². The maximum absolute atomic E-state index is 11.0. The van der Waals surface area contributed by atoms with Crippen molar-refractivity contribution < 1.29 is 19.4 Å². The Kier molecular flexibility index (Phi) is 3.27. The van der Waals surface area contributed by atoms with Gasteiger partial charge in [0.2, 0.25) is 0 Å². The molecule has 1 aliphatic rings. The third kappa shape index (κ3) is 2.00. The summed E-state index contributed by atoms with van der Waals surface area (Å²) in [5, 5.41) is 9.02. The lowest BCUT2D eigenvalue weighted by Crippen LogP contribution is -2.46. The molecule has 2 unspecified atom stereocenters. The molecule has 0 aromatic carbocycles. The van der Waals surface area contributed by atoms with E-state index in [0.29, 0.717) is 12.8 Å². The molecule has 1 N–H and O–H groups in total. The first kappa shape index (κ1) is 10.5. The maximum Gasteiger partial charge on any atom is 0.336 e. The third-order valence-corrected chi connectivity index (χ3v) is 2.78. The number of carbonyl (C=O) groups is 1. The zero-order valence-electron chi connectivity index (χ0n) is 8.08. The van der Waals surface area contributed by atoms with Crippen molar-refractivity contribution in [3.05, 3.63) is 0 Å². The zero-order valence-corrected chi connectivity index (χ0v) is 8.08. The molecule has 1 fully saturated rings. The highest BCUT2D eigenvalue weighted by Crippen LogP contribution is 2.32. The lowest BCUT2D eigenvalue weighted by Gasteiger charge is -2.35. The Hall–Kier alpha value is -0.610. The van der Waals surface area contributed by atoms with Crippen LogP contribution < -0.4 is 0 Å². The number of carboxylic acid groups (broad SMARTS) is 1. The monoisotopic (exact) mass is 188 g/mol. The van der Waals surface area contributed by atoms with E-state index in [1.54, 1.807) is 7.11 Å². The molecule has 4 nitrogen and oxygen atoms in total. The van der Waals surface area contributed by atoms with Gasteiger partial charge in [-0.1, -0.05) is 0 Å². The van der Waals surface area contributed by atoms with E-state index >= 15 is 0 Å². The van der Waals surface area contributed by atoms with Gasteiger partial charge < -0.3 is 14.6 Å². The quantitative estimate of drug-likeness (QED) is 0.719. The largest absolute Gasteiger partial charge is 0.479 e. The summed E-state index contributed by atoms with van der Waals surface area (Å²) >= 11 is 0. The first-order valence-corrected chi connectivity index (χ1v) is 4.46. The molecule has 0 bridgehead atoms. The normalized spacial score (nSPS) is 34.5. The molecule has 1 saturated carbocycles. The number of hydrogen-bond donors (Lipinski definition) is 1. The van der Waals surface area contributed by atoms with Gasteiger partial charge in [-0.2, -0.15) is 0 Å². The highest BCUT2D eigenvalue weighted by atomic mass is 16.5.